The van der Waals surface area contributed by atoms with E-state index >= 15 is 0 Å². The van der Waals surface area contributed by atoms with Gasteiger partial charge in [-0.25, -0.2) is 9.59 Å². The summed E-state index contributed by atoms with van der Waals surface area (Å²) in [6.07, 6.45) is 9.31. The highest BCUT2D eigenvalue weighted by Gasteiger charge is 2.37. The minimum absolute atomic E-state index is 0.130. The third-order valence-corrected chi connectivity index (χ3v) is 10.6. The first-order chi connectivity index (χ1) is 24.9. The van der Waals surface area contributed by atoms with E-state index in [9.17, 15) is 14.7 Å². The molecule has 7 heteroatoms. The highest BCUT2D eigenvalue weighted by atomic mass is 16.7. The van der Waals surface area contributed by atoms with Crippen LogP contribution in [0.4, 0.5) is 9.59 Å². The van der Waals surface area contributed by atoms with Crippen molar-refractivity contribution in [3.05, 3.63) is 150 Å². The predicted molar refractivity (Wildman–Crippen MR) is 195 cm³/mol. The van der Waals surface area contributed by atoms with Crippen LogP contribution < -0.4 is 18.9 Å². The Hall–Kier alpha value is -5.56. The van der Waals surface area contributed by atoms with Crippen molar-refractivity contribution in [2.75, 3.05) is 0 Å². The number of carbonyl (C=O) groups excluding carboxylic acids is 2. The second-order valence-electron chi connectivity index (χ2n) is 13.6. The van der Waals surface area contributed by atoms with Crippen LogP contribution in [-0.2, 0) is 10.8 Å². The maximum atomic E-state index is 12.9. The molecule has 1 N–H and O–H groups in total. The summed E-state index contributed by atoms with van der Waals surface area (Å²) in [5.41, 5.74) is 4.31. The first-order valence-electron chi connectivity index (χ1n) is 17.9. The molecule has 0 atom stereocenters. The van der Waals surface area contributed by atoms with E-state index in [4.69, 9.17) is 18.9 Å². The van der Waals surface area contributed by atoms with Crippen molar-refractivity contribution in [3.63, 3.8) is 0 Å². The Morgan fingerprint density at radius 1 is 0.392 bits per heavy atom. The first-order valence-corrected chi connectivity index (χ1v) is 17.9. The van der Waals surface area contributed by atoms with Crippen molar-refractivity contribution >= 4 is 12.3 Å². The van der Waals surface area contributed by atoms with Crippen LogP contribution in [0.5, 0.6) is 28.7 Å². The summed E-state index contributed by atoms with van der Waals surface area (Å²) >= 11 is 0. The highest BCUT2D eigenvalue weighted by Crippen LogP contribution is 2.47. The molecular formula is C44H42O7. The lowest BCUT2D eigenvalue weighted by Gasteiger charge is -2.38. The van der Waals surface area contributed by atoms with Crippen molar-refractivity contribution in [3.8, 4) is 28.7 Å². The molecule has 0 bridgehead atoms. The summed E-state index contributed by atoms with van der Waals surface area (Å²) in [5.74, 6) is 1.91. The van der Waals surface area contributed by atoms with E-state index in [1.807, 2.05) is 78.9 Å². The van der Waals surface area contributed by atoms with E-state index < -0.39 is 12.3 Å². The van der Waals surface area contributed by atoms with Gasteiger partial charge in [0.15, 0.2) is 0 Å². The lowest BCUT2D eigenvalue weighted by Crippen LogP contribution is -2.30. The average Bonchev–Trinajstić information content (AvgIpc) is 3.17. The van der Waals surface area contributed by atoms with Crippen LogP contribution in [0.25, 0.3) is 0 Å². The zero-order valence-corrected chi connectivity index (χ0v) is 28.6. The number of phenols is 1. The molecule has 5 aromatic carbocycles. The number of benzene rings is 5. The molecule has 2 saturated carbocycles. The smallest absolute Gasteiger partial charge is 0.508 e. The number of ether oxygens (including phenoxy) is 4. The van der Waals surface area contributed by atoms with E-state index in [-0.39, 0.29) is 16.6 Å². The highest BCUT2D eigenvalue weighted by molar-refractivity contribution is 5.68. The van der Waals surface area contributed by atoms with Crippen molar-refractivity contribution in [1.29, 1.82) is 0 Å². The Labute approximate surface area is 298 Å². The van der Waals surface area contributed by atoms with E-state index in [2.05, 4.69) is 0 Å². The zero-order chi connectivity index (χ0) is 35.1. The lowest BCUT2D eigenvalue weighted by molar-refractivity contribution is 0.150. The Morgan fingerprint density at radius 2 is 0.686 bits per heavy atom. The number of aromatic hydroxyl groups is 1. The molecular weight excluding hydrogens is 640 g/mol. The van der Waals surface area contributed by atoms with Gasteiger partial charge in [-0.2, -0.15) is 0 Å². The Bertz CT molecular complexity index is 1900. The number of phenolic OH excluding ortho intramolecular Hbond substituents is 1. The van der Waals surface area contributed by atoms with Gasteiger partial charge in [0.25, 0.3) is 0 Å². The quantitative estimate of drug-likeness (QED) is 0.129. The van der Waals surface area contributed by atoms with Gasteiger partial charge in [-0.15, -0.1) is 0 Å². The number of hydrogen-bond acceptors (Lipinski definition) is 7. The summed E-state index contributed by atoms with van der Waals surface area (Å²) in [5, 5.41) is 9.85. The minimum Gasteiger partial charge on any atom is -0.508 e. The van der Waals surface area contributed by atoms with Crippen LogP contribution in [0.2, 0.25) is 0 Å². The molecule has 0 aromatic heterocycles. The van der Waals surface area contributed by atoms with Gasteiger partial charge in [0, 0.05) is 10.8 Å². The first kappa shape index (κ1) is 33.9. The van der Waals surface area contributed by atoms with Crippen LogP contribution >= 0.6 is 0 Å². The van der Waals surface area contributed by atoms with Crippen molar-refractivity contribution < 1.29 is 33.6 Å². The van der Waals surface area contributed by atoms with Crippen LogP contribution in [0.15, 0.2) is 127 Å². The summed E-state index contributed by atoms with van der Waals surface area (Å²) in [6, 6.07) is 39.4. The summed E-state index contributed by atoms with van der Waals surface area (Å²) in [6.45, 7) is 0. The van der Waals surface area contributed by atoms with Gasteiger partial charge < -0.3 is 24.1 Å². The topological polar surface area (TPSA) is 91.3 Å². The molecule has 0 heterocycles. The Balaban J connectivity index is 1.00. The zero-order valence-electron chi connectivity index (χ0n) is 28.6. The maximum Gasteiger partial charge on any atom is 0.519 e. The standard InChI is InChI=1S/C44H42O7/c45-36-20-12-32(13-21-36)43(28-6-2-7-29-43)33-14-22-39(23-15-33)50-42(47)51-40-26-18-35(19-27-40)44(30-8-3-9-31-44)34-16-24-38(25-17-34)49-41(46)48-37-10-4-1-5-11-37/h1,4-5,10-27,45H,2-3,6-9,28-31H2. The molecule has 7 rings (SSSR count). The van der Waals surface area contributed by atoms with Gasteiger partial charge in [-0.3, -0.25) is 0 Å². The molecule has 7 nitrogen and oxygen atoms in total. The summed E-state index contributed by atoms with van der Waals surface area (Å²) in [7, 11) is 0. The Morgan fingerprint density at radius 3 is 1.02 bits per heavy atom. The van der Waals surface area contributed by atoms with Crippen LogP contribution in [-0.4, -0.2) is 17.4 Å². The van der Waals surface area contributed by atoms with Crippen molar-refractivity contribution in [1.82, 2.24) is 0 Å². The van der Waals surface area contributed by atoms with Crippen LogP contribution in [0.1, 0.15) is 86.5 Å². The van der Waals surface area contributed by atoms with E-state index in [0.29, 0.717) is 23.0 Å². The monoisotopic (exact) mass is 682 g/mol. The molecule has 5 aromatic rings. The number of para-hydroxylation sites is 1. The van der Waals surface area contributed by atoms with Crippen molar-refractivity contribution in [2.45, 2.75) is 75.0 Å². The van der Waals surface area contributed by atoms with Gasteiger partial charge in [0.2, 0.25) is 0 Å². The van der Waals surface area contributed by atoms with Gasteiger partial charge >= 0.3 is 12.3 Å². The Kier molecular flexibility index (Phi) is 10.1. The predicted octanol–water partition coefficient (Wildman–Crippen LogP) is 11.0. The molecule has 0 radical (unpaired) electrons. The minimum atomic E-state index is -0.796. The van der Waals surface area contributed by atoms with Gasteiger partial charge in [0.1, 0.15) is 28.7 Å². The molecule has 260 valence electrons. The fourth-order valence-corrected chi connectivity index (χ4v) is 8.02. The average molecular weight is 683 g/mol. The van der Waals surface area contributed by atoms with E-state index in [0.717, 1.165) is 62.5 Å². The molecule has 0 amide bonds. The largest absolute Gasteiger partial charge is 0.519 e. The molecule has 51 heavy (non-hydrogen) atoms. The second kappa shape index (κ2) is 15.1. The van der Waals surface area contributed by atoms with Crippen LogP contribution in [0.3, 0.4) is 0 Å². The third kappa shape index (κ3) is 7.63. The van der Waals surface area contributed by atoms with Gasteiger partial charge in [-0.1, -0.05) is 105 Å². The fourth-order valence-electron chi connectivity index (χ4n) is 8.02. The van der Waals surface area contributed by atoms with Crippen molar-refractivity contribution in [2.24, 2.45) is 0 Å². The summed E-state index contributed by atoms with van der Waals surface area (Å²) < 4.78 is 21.9. The number of carbonyl (C=O) groups is 2. The second-order valence-corrected chi connectivity index (χ2v) is 13.6. The van der Waals surface area contributed by atoms with Gasteiger partial charge in [-0.05, 0) is 109 Å². The lowest BCUT2D eigenvalue weighted by atomic mass is 9.65. The molecule has 0 aliphatic heterocycles. The molecule has 2 aliphatic rings. The SMILES string of the molecule is O=C(Oc1ccccc1)Oc1ccc(C2(c3ccc(OC(=O)Oc4ccc(C5(c6ccc(O)cc6)CCCCC5)cc4)cc3)CCCCC2)cc1. The fraction of sp³-hybridized carbons (Fsp3) is 0.273. The summed E-state index contributed by atoms with van der Waals surface area (Å²) in [4.78, 5) is 25.2. The molecule has 2 aliphatic carbocycles. The maximum absolute atomic E-state index is 12.9. The van der Waals surface area contributed by atoms with E-state index in [1.54, 1.807) is 48.5 Å². The molecule has 0 unspecified atom stereocenters. The molecule has 0 spiro atoms. The van der Waals surface area contributed by atoms with Crippen LogP contribution in [0, 0.1) is 0 Å². The normalized spacial score (nSPS) is 16.4. The molecule has 2 fully saturated rings. The van der Waals surface area contributed by atoms with Gasteiger partial charge in [0.05, 0.1) is 0 Å². The third-order valence-electron chi connectivity index (χ3n) is 10.6. The number of hydrogen-bond donors (Lipinski definition) is 1. The van der Waals surface area contributed by atoms with E-state index in [1.165, 1.54) is 24.0 Å². The number of rotatable bonds is 8. The molecule has 0 saturated heterocycles.